The second-order valence-corrected chi connectivity index (χ2v) is 2.94. The lowest BCUT2D eigenvalue weighted by atomic mass is 10.2. The molecule has 0 fully saturated rings. The quantitative estimate of drug-likeness (QED) is 0.361. The molecule has 0 aliphatic carbocycles. The number of rotatable bonds is 2. The summed E-state index contributed by atoms with van der Waals surface area (Å²) in [5.74, 6) is -0.278. The molecule has 0 unspecified atom stereocenters. The van der Waals surface area contributed by atoms with Crippen LogP contribution in [0.1, 0.15) is 10.4 Å². The lowest BCUT2D eigenvalue weighted by Crippen LogP contribution is -2.02. The Morgan fingerprint density at radius 1 is 1.69 bits per heavy atom. The standard InChI is InChI=1S/C9H7N5O2/c1-16-9(15)6-4-12-8(13-14-10)7-5(6)2-3-11-7/h2-4,11H,1H3. The maximum atomic E-state index is 11.4. The molecule has 0 amide bonds. The summed E-state index contributed by atoms with van der Waals surface area (Å²) < 4.78 is 4.62. The number of fused-ring (bicyclic) bond motifs is 1. The minimum atomic E-state index is -0.482. The summed E-state index contributed by atoms with van der Waals surface area (Å²) in [6.07, 6.45) is 2.96. The third-order valence-electron chi connectivity index (χ3n) is 2.12. The van der Waals surface area contributed by atoms with Crippen molar-refractivity contribution in [2.75, 3.05) is 7.11 Å². The van der Waals surface area contributed by atoms with E-state index in [1.54, 1.807) is 12.3 Å². The lowest BCUT2D eigenvalue weighted by Gasteiger charge is -2.01. The Balaban J connectivity index is 2.72. The average Bonchev–Trinajstić information content (AvgIpc) is 2.78. The number of aromatic nitrogens is 2. The molecule has 0 radical (unpaired) electrons. The zero-order valence-corrected chi connectivity index (χ0v) is 8.34. The van der Waals surface area contributed by atoms with Crippen molar-refractivity contribution < 1.29 is 9.53 Å². The normalized spacial score (nSPS) is 9.81. The summed E-state index contributed by atoms with van der Waals surface area (Å²) in [7, 11) is 1.29. The molecule has 2 heterocycles. The van der Waals surface area contributed by atoms with E-state index in [0.717, 1.165) is 0 Å². The molecule has 1 N–H and O–H groups in total. The van der Waals surface area contributed by atoms with Gasteiger partial charge in [-0.25, -0.2) is 4.79 Å². The van der Waals surface area contributed by atoms with Gasteiger partial charge < -0.3 is 9.72 Å². The van der Waals surface area contributed by atoms with E-state index in [1.165, 1.54) is 13.3 Å². The van der Waals surface area contributed by atoms with E-state index in [9.17, 15) is 4.79 Å². The number of methoxy groups -OCH3 is 1. The number of hydrogen-bond donors (Lipinski definition) is 1. The van der Waals surface area contributed by atoms with Gasteiger partial charge in [0.25, 0.3) is 0 Å². The van der Waals surface area contributed by atoms with E-state index in [0.29, 0.717) is 16.5 Å². The molecule has 0 bridgehead atoms. The van der Waals surface area contributed by atoms with Crippen molar-refractivity contribution in [2.45, 2.75) is 0 Å². The number of esters is 1. The van der Waals surface area contributed by atoms with Gasteiger partial charge in [0.15, 0.2) is 5.82 Å². The van der Waals surface area contributed by atoms with Crippen LogP contribution in [0.2, 0.25) is 0 Å². The van der Waals surface area contributed by atoms with Crippen LogP contribution >= 0.6 is 0 Å². The second kappa shape index (κ2) is 3.92. The van der Waals surface area contributed by atoms with Crippen LogP contribution in [-0.2, 0) is 4.74 Å². The minimum Gasteiger partial charge on any atom is -0.465 e. The Kier molecular flexibility index (Phi) is 2.45. The molecule has 7 heteroatoms. The molecule has 0 aliphatic heterocycles. The first-order valence-electron chi connectivity index (χ1n) is 4.37. The number of ether oxygens (including phenoxy) is 1. The highest BCUT2D eigenvalue weighted by atomic mass is 16.5. The molecular weight excluding hydrogens is 210 g/mol. The molecular formula is C9H7N5O2. The molecule has 0 spiro atoms. The molecule has 7 nitrogen and oxygen atoms in total. The summed E-state index contributed by atoms with van der Waals surface area (Å²) in [6.45, 7) is 0. The Labute approximate surface area is 89.7 Å². The summed E-state index contributed by atoms with van der Waals surface area (Å²) in [5.41, 5.74) is 9.20. The maximum Gasteiger partial charge on any atom is 0.340 e. The van der Waals surface area contributed by atoms with Crippen LogP contribution in [0, 0.1) is 0 Å². The summed E-state index contributed by atoms with van der Waals surface area (Å²) in [6, 6.07) is 1.69. The number of azide groups is 1. The van der Waals surface area contributed by atoms with Crippen LogP contribution in [0.25, 0.3) is 21.3 Å². The number of carbonyl (C=O) groups excluding carboxylic acids is 1. The second-order valence-electron chi connectivity index (χ2n) is 2.94. The van der Waals surface area contributed by atoms with Crippen LogP contribution in [0.4, 0.5) is 5.82 Å². The molecule has 16 heavy (non-hydrogen) atoms. The number of nitrogens with one attached hydrogen (secondary N) is 1. The SMILES string of the molecule is COC(=O)c1cnc(N=[N+]=[N-])c2[nH]ccc12. The van der Waals surface area contributed by atoms with Gasteiger partial charge in [-0.05, 0) is 16.7 Å². The average molecular weight is 217 g/mol. The largest absolute Gasteiger partial charge is 0.465 e. The van der Waals surface area contributed by atoms with Crippen LogP contribution in [0.3, 0.4) is 0 Å². The minimum absolute atomic E-state index is 0.204. The maximum absolute atomic E-state index is 11.4. The summed E-state index contributed by atoms with van der Waals surface area (Å²) in [5, 5.41) is 4.03. The lowest BCUT2D eigenvalue weighted by molar-refractivity contribution is 0.0602. The monoisotopic (exact) mass is 217 g/mol. The molecule has 0 atom stereocenters. The van der Waals surface area contributed by atoms with Gasteiger partial charge in [0.05, 0.1) is 18.2 Å². The molecule has 0 saturated heterocycles. The van der Waals surface area contributed by atoms with E-state index >= 15 is 0 Å². The fraction of sp³-hybridized carbons (Fsp3) is 0.111. The van der Waals surface area contributed by atoms with E-state index in [2.05, 4.69) is 24.7 Å². The zero-order valence-electron chi connectivity index (χ0n) is 8.34. The third-order valence-corrected chi connectivity index (χ3v) is 2.12. The number of pyridine rings is 1. The van der Waals surface area contributed by atoms with E-state index < -0.39 is 5.97 Å². The highest BCUT2D eigenvalue weighted by Gasteiger charge is 2.13. The van der Waals surface area contributed by atoms with Gasteiger partial charge in [-0.15, -0.1) is 0 Å². The zero-order chi connectivity index (χ0) is 11.5. The predicted octanol–water partition coefficient (Wildman–Crippen LogP) is 2.29. The smallest absolute Gasteiger partial charge is 0.340 e. The summed E-state index contributed by atoms with van der Waals surface area (Å²) in [4.78, 5) is 20.8. The third kappa shape index (κ3) is 1.45. The van der Waals surface area contributed by atoms with Crippen molar-refractivity contribution in [3.8, 4) is 0 Å². The molecule has 2 aromatic heterocycles. The van der Waals surface area contributed by atoms with Crippen molar-refractivity contribution in [1.29, 1.82) is 0 Å². The van der Waals surface area contributed by atoms with E-state index in [-0.39, 0.29) is 5.82 Å². The van der Waals surface area contributed by atoms with Crippen LogP contribution < -0.4 is 0 Å². The van der Waals surface area contributed by atoms with E-state index in [4.69, 9.17) is 5.53 Å². The molecule has 2 aromatic rings. The number of hydrogen-bond acceptors (Lipinski definition) is 4. The first kappa shape index (κ1) is 10.0. The van der Waals surface area contributed by atoms with Gasteiger partial charge in [-0.1, -0.05) is 0 Å². The van der Waals surface area contributed by atoms with Gasteiger partial charge >= 0.3 is 5.97 Å². The number of H-pyrrole nitrogens is 1. The van der Waals surface area contributed by atoms with Gasteiger partial charge in [0, 0.05) is 22.7 Å². The van der Waals surface area contributed by atoms with Gasteiger partial charge in [0.1, 0.15) is 0 Å². The van der Waals surface area contributed by atoms with Crippen molar-refractivity contribution in [1.82, 2.24) is 9.97 Å². The molecule has 2 rings (SSSR count). The molecule has 0 aromatic carbocycles. The van der Waals surface area contributed by atoms with Crippen molar-refractivity contribution in [2.24, 2.45) is 5.11 Å². The van der Waals surface area contributed by atoms with Crippen molar-refractivity contribution in [3.05, 3.63) is 34.5 Å². The number of nitrogens with zero attached hydrogens (tertiary/aromatic N) is 4. The Morgan fingerprint density at radius 2 is 2.50 bits per heavy atom. The van der Waals surface area contributed by atoms with Crippen LogP contribution in [0.5, 0.6) is 0 Å². The van der Waals surface area contributed by atoms with Crippen molar-refractivity contribution in [3.63, 3.8) is 0 Å². The van der Waals surface area contributed by atoms with Crippen molar-refractivity contribution >= 4 is 22.7 Å². The Morgan fingerprint density at radius 3 is 3.19 bits per heavy atom. The van der Waals surface area contributed by atoms with Gasteiger partial charge in [0.2, 0.25) is 0 Å². The van der Waals surface area contributed by atoms with E-state index in [1.807, 2.05) is 0 Å². The van der Waals surface area contributed by atoms with Gasteiger partial charge in [-0.3, -0.25) is 4.98 Å². The Hall–Kier alpha value is -2.53. The molecule has 0 aliphatic rings. The highest BCUT2D eigenvalue weighted by molar-refractivity contribution is 6.05. The first-order valence-corrected chi connectivity index (χ1v) is 4.37. The van der Waals surface area contributed by atoms with Gasteiger partial charge in [-0.2, -0.15) is 0 Å². The highest BCUT2D eigenvalue weighted by Crippen LogP contribution is 2.25. The fourth-order valence-corrected chi connectivity index (χ4v) is 1.43. The number of carbonyl (C=O) groups is 1. The summed E-state index contributed by atoms with van der Waals surface area (Å²) >= 11 is 0. The van der Waals surface area contributed by atoms with Crippen LogP contribution in [0.15, 0.2) is 23.6 Å². The topological polar surface area (TPSA) is 104 Å². The predicted molar refractivity (Wildman–Crippen MR) is 56.2 cm³/mol. The molecule has 0 saturated carbocycles. The Bertz CT molecular complexity index is 597. The molecule has 80 valence electrons. The fourth-order valence-electron chi connectivity index (χ4n) is 1.43. The van der Waals surface area contributed by atoms with Crippen LogP contribution in [-0.4, -0.2) is 23.0 Å². The first-order chi connectivity index (χ1) is 7.77. The number of aromatic amines is 1.